The summed E-state index contributed by atoms with van der Waals surface area (Å²) in [6.45, 7) is 6.00. The third kappa shape index (κ3) is 4.06. The summed E-state index contributed by atoms with van der Waals surface area (Å²) in [7, 11) is 0. The summed E-state index contributed by atoms with van der Waals surface area (Å²) in [5.41, 5.74) is 5.87. The summed E-state index contributed by atoms with van der Waals surface area (Å²) in [6.07, 6.45) is 5.93. The molecular formula is C43H28N2O. The van der Waals surface area contributed by atoms with E-state index in [1.165, 1.54) is 32.3 Å². The van der Waals surface area contributed by atoms with Gasteiger partial charge >= 0.3 is 0 Å². The van der Waals surface area contributed by atoms with E-state index < -0.39 is 0 Å². The predicted octanol–water partition coefficient (Wildman–Crippen LogP) is 12.0. The van der Waals surface area contributed by atoms with Crippen molar-refractivity contribution >= 4 is 77.1 Å². The zero-order chi connectivity index (χ0) is 30.8. The normalized spacial score (nSPS) is 12.0. The minimum absolute atomic E-state index is 0.717. The molecule has 0 saturated carbocycles. The summed E-state index contributed by atoms with van der Waals surface area (Å²) in [5, 5.41) is 11.7. The van der Waals surface area contributed by atoms with Gasteiger partial charge in [0, 0.05) is 27.5 Å². The first-order chi connectivity index (χ1) is 22.7. The molecule has 0 amide bonds. The zero-order valence-corrected chi connectivity index (χ0v) is 25.3. The third-order valence-electron chi connectivity index (χ3n) is 9.09. The largest absolute Gasteiger partial charge is 0.456 e. The van der Waals surface area contributed by atoms with E-state index >= 15 is 0 Å². The highest BCUT2D eigenvalue weighted by atomic mass is 16.3. The quantitative estimate of drug-likeness (QED) is 0.192. The number of furan rings is 1. The van der Waals surface area contributed by atoms with Gasteiger partial charge in [-0.1, -0.05) is 110 Å². The van der Waals surface area contributed by atoms with Gasteiger partial charge in [0.2, 0.25) is 0 Å². The molecule has 7 aromatic carbocycles. The highest BCUT2D eigenvalue weighted by molar-refractivity contribution is 6.22. The summed E-state index contributed by atoms with van der Waals surface area (Å²) in [4.78, 5) is 10.3. The maximum atomic E-state index is 6.18. The molecular weight excluding hydrogens is 560 g/mol. The molecule has 216 valence electrons. The predicted molar refractivity (Wildman–Crippen MR) is 195 cm³/mol. The molecule has 0 fully saturated rings. The Morgan fingerprint density at radius 1 is 0.587 bits per heavy atom. The summed E-state index contributed by atoms with van der Waals surface area (Å²) < 4.78 is 6.18. The second-order valence-electron chi connectivity index (χ2n) is 11.8. The lowest BCUT2D eigenvalue weighted by Gasteiger charge is -2.12. The lowest BCUT2D eigenvalue weighted by Crippen LogP contribution is -1.95. The first-order valence-corrected chi connectivity index (χ1v) is 15.6. The molecule has 0 spiro atoms. The Balaban J connectivity index is 1.25. The van der Waals surface area contributed by atoms with Crippen LogP contribution in [0.15, 0.2) is 138 Å². The lowest BCUT2D eigenvalue weighted by atomic mass is 9.94. The standard InChI is InChI=1S/C43H28N2O/c1-3-9-34-37-25-36-30(24-40(37)46-39(34)4-2)18-16-27-15-17-29-23-32(20-21-33(29)41(27)36)43-44-38-13-8-7-12-35(38)42(45-43)31-19-14-26-10-5-6-11-28(26)22-31/h3-25H,2H2,1H3/b9-3-. The van der Waals surface area contributed by atoms with Gasteiger partial charge in [-0.25, -0.2) is 9.97 Å². The van der Waals surface area contributed by atoms with Gasteiger partial charge in [0.15, 0.2) is 5.82 Å². The van der Waals surface area contributed by atoms with E-state index in [9.17, 15) is 0 Å². The molecule has 0 bridgehead atoms. The number of hydrogen-bond donors (Lipinski definition) is 0. The second-order valence-corrected chi connectivity index (χ2v) is 11.8. The average molecular weight is 589 g/mol. The number of para-hydroxylation sites is 1. The van der Waals surface area contributed by atoms with Crippen LogP contribution in [0.5, 0.6) is 0 Å². The van der Waals surface area contributed by atoms with E-state index in [0.29, 0.717) is 0 Å². The highest BCUT2D eigenvalue weighted by Crippen LogP contribution is 2.39. The monoisotopic (exact) mass is 588 g/mol. The van der Waals surface area contributed by atoms with Crippen molar-refractivity contribution < 1.29 is 4.42 Å². The fraction of sp³-hybridized carbons (Fsp3) is 0.0233. The maximum absolute atomic E-state index is 6.18. The zero-order valence-electron chi connectivity index (χ0n) is 25.3. The molecule has 0 saturated heterocycles. The van der Waals surface area contributed by atoms with Gasteiger partial charge in [0.05, 0.1) is 11.2 Å². The average Bonchev–Trinajstić information content (AvgIpc) is 3.45. The molecule has 0 atom stereocenters. The van der Waals surface area contributed by atoms with Crippen LogP contribution < -0.4 is 0 Å². The minimum Gasteiger partial charge on any atom is -0.456 e. The molecule has 9 rings (SSSR count). The number of allylic oxidation sites excluding steroid dienone is 1. The van der Waals surface area contributed by atoms with Crippen LogP contribution in [-0.2, 0) is 0 Å². The Morgan fingerprint density at radius 3 is 2.15 bits per heavy atom. The molecule has 2 aromatic heterocycles. The van der Waals surface area contributed by atoms with E-state index in [-0.39, 0.29) is 0 Å². The van der Waals surface area contributed by atoms with Crippen LogP contribution in [-0.4, -0.2) is 9.97 Å². The lowest BCUT2D eigenvalue weighted by molar-refractivity contribution is 0.604. The fourth-order valence-corrected chi connectivity index (χ4v) is 6.91. The van der Waals surface area contributed by atoms with Gasteiger partial charge in [-0.15, -0.1) is 0 Å². The molecule has 9 aromatic rings. The van der Waals surface area contributed by atoms with Gasteiger partial charge in [0.1, 0.15) is 11.3 Å². The Labute approximate surface area is 265 Å². The number of hydrogen-bond acceptors (Lipinski definition) is 3. The van der Waals surface area contributed by atoms with Crippen LogP contribution in [0, 0.1) is 0 Å². The molecule has 3 heteroatoms. The Morgan fingerprint density at radius 2 is 1.30 bits per heavy atom. The van der Waals surface area contributed by atoms with Crippen molar-refractivity contribution in [2.75, 3.05) is 0 Å². The molecule has 46 heavy (non-hydrogen) atoms. The molecule has 3 nitrogen and oxygen atoms in total. The third-order valence-corrected chi connectivity index (χ3v) is 9.09. The van der Waals surface area contributed by atoms with Crippen LogP contribution in [0.25, 0.3) is 99.8 Å². The van der Waals surface area contributed by atoms with E-state index in [2.05, 4.69) is 128 Å². The number of nitrogens with zero attached hydrogens (tertiary/aromatic N) is 2. The van der Waals surface area contributed by atoms with E-state index in [0.717, 1.165) is 66.6 Å². The molecule has 2 heterocycles. The first kappa shape index (κ1) is 26.4. The second kappa shape index (κ2) is 10.3. The minimum atomic E-state index is 0.717. The summed E-state index contributed by atoms with van der Waals surface area (Å²) in [6, 6.07) is 43.1. The van der Waals surface area contributed by atoms with Crippen molar-refractivity contribution in [3.05, 3.63) is 145 Å². The van der Waals surface area contributed by atoms with Crippen LogP contribution in [0.3, 0.4) is 0 Å². The van der Waals surface area contributed by atoms with Crippen molar-refractivity contribution in [2.45, 2.75) is 6.92 Å². The molecule has 0 unspecified atom stereocenters. The van der Waals surface area contributed by atoms with Crippen molar-refractivity contribution in [3.63, 3.8) is 0 Å². The van der Waals surface area contributed by atoms with Gasteiger partial charge in [-0.2, -0.15) is 0 Å². The summed E-state index contributed by atoms with van der Waals surface area (Å²) in [5.74, 6) is 1.51. The topological polar surface area (TPSA) is 38.9 Å². The first-order valence-electron chi connectivity index (χ1n) is 15.6. The van der Waals surface area contributed by atoms with Crippen molar-refractivity contribution in [3.8, 4) is 22.6 Å². The van der Waals surface area contributed by atoms with E-state index in [4.69, 9.17) is 14.4 Å². The van der Waals surface area contributed by atoms with Crippen LogP contribution in [0.1, 0.15) is 18.2 Å². The fourth-order valence-electron chi connectivity index (χ4n) is 6.91. The van der Waals surface area contributed by atoms with E-state index in [1.807, 2.05) is 19.1 Å². The summed E-state index contributed by atoms with van der Waals surface area (Å²) >= 11 is 0. The number of rotatable bonds is 4. The smallest absolute Gasteiger partial charge is 0.160 e. The number of fused-ring (bicyclic) bond motifs is 8. The van der Waals surface area contributed by atoms with Gasteiger partial charge in [0.25, 0.3) is 0 Å². The van der Waals surface area contributed by atoms with Crippen molar-refractivity contribution in [2.24, 2.45) is 0 Å². The van der Waals surface area contributed by atoms with Crippen LogP contribution in [0.4, 0.5) is 0 Å². The van der Waals surface area contributed by atoms with Crippen molar-refractivity contribution in [1.82, 2.24) is 9.97 Å². The van der Waals surface area contributed by atoms with E-state index in [1.54, 1.807) is 6.08 Å². The highest BCUT2D eigenvalue weighted by Gasteiger charge is 2.16. The molecule has 0 radical (unpaired) electrons. The van der Waals surface area contributed by atoms with Gasteiger partial charge in [-0.3, -0.25) is 0 Å². The molecule has 0 aliphatic heterocycles. The Kier molecular flexibility index (Phi) is 5.87. The molecule has 0 aliphatic carbocycles. The number of benzene rings is 7. The van der Waals surface area contributed by atoms with Crippen LogP contribution >= 0.6 is 0 Å². The maximum Gasteiger partial charge on any atom is 0.160 e. The molecule has 0 N–H and O–H groups in total. The Bertz CT molecular complexity index is 2730. The Hall–Kier alpha value is -6.06. The molecule has 0 aliphatic rings. The number of aromatic nitrogens is 2. The van der Waals surface area contributed by atoms with Crippen LogP contribution in [0.2, 0.25) is 0 Å². The SMILES string of the molecule is C=Cc1oc2cc3ccc4ccc5cc(-c6nc(-c7ccc8ccccc8c7)c7ccccc7n6)ccc5c4c3cc2c1/C=C\C. The van der Waals surface area contributed by atoms with Crippen molar-refractivity contribution in [1.29, 1.82) is 0 Å². The van der Waals surface area contributed by atoms with Gasteiger partial charge in [-0.05, 0) is 86.4 Å². The van der Waals surface area contributed by atoms with Gasteiger partial charge < -0.3 is 4.42 Å².